The highest BCUT2D eigenvalue weighted by Crippen LogP contribution is 2.41. The number of aromatic amines is 1. The molecular formula is C19H28BrN5. The standard InChI is InChI=1S/C19H28BrN5/c1-2-9-19(10-3-4-15-5-7-16(20)8-6-15)11-13-25(14-12-19)18-22-17(21)23-24-18/h5-8H,2-4,9-14H2,1H3,(H3,21,22,23,24). The fourth-order valence-corrected chi connectivity index (χ4v) is 4.33. The van der Waals surface area contributed by atoms with Gasteiger partial charge in [0.2, 0.25) is 11.9 Å². The van der Waals surface area contributed by atoms with Crippen molar-refractivity contribution in [1.29, 1.82) is 0 Å². The highest BCUT2D eigenvalue weighted by Gasteiger charge is 2.34. The van der Waals surface area contributed by atoms with Gasteiger partial charge in [0.1, 0.15) is 0 Å². The smallest absolute Gasteiger partial charge is 0.246 e. The summed E-state index contributed by atoms with van der Waals surface area (Å²) >= 11 is 3.51. The van der Waals surface area contributed by atoms with E-state index in [0.717, 1.165) is 23.5 Å². The van der Waals surface area contributed by atoms with Crippen LogP contribution in [0.1, 0.15) is 51.0 Å². The molecule has 2 heterocycles. The van der Waals surface area contributed by atoms with Crippen molar-refractivity contribution in [2.45, 2.75) is 51.9 Å². The molecule has 0 saturated carbocycles. The summed E-state index contributed by atoms with van der Waals surface area (Å²) in [5, 5.41) is 6.94. The van der Waals surface area contributed by atoms with E-state index >= 15 is 0 Å². The maximum atomic E-state index is 5.66. The van der Waals surface area contributed by atoms with Gasteiger partial charge in [-0.1, -0.05) is 41.4 Å². The zero-order chi connectivity index (χ0) is 17.7. The molecule has 0 bridgehead atoms. The minimum absolute atomic E-state index is 0.398. The average Bonchev–Trinajstić information content (AvgIpc) is 3.04. The number of aromatic nitrogens is 3. The third kappa shape index (κ3) is 4.75. The number of halogens is 1. The number of hydrogen-bond acceptors (Lipinski definition) is 4. The molecule has 1 aromatic carbocycles. The summed E-state index contributed by atoms with van der Waals surface area (Å²) in [6.45, 7) is 4.35. The van der Waals surface area contributed by atoms with Gasteiger partial charge in [-0.2, -0.15) is 4.98 Å². The number of anilines is 2. The Morgan fingerprint density at radius 1 is 1.20 bits per heavy atom. The first kappa shape index (κ1) is 18.2. The summed E-state index contributed by atoms with van der Waals surface area (Å²) in [6.07, 6.45) is 8.74. The van der Waals surface area contributed by atoms with Crippen LogP contribution in [0, 0.1) is 5.41 Å². The van der Waals surface area contributed by atoms with Gasteiger partial charge < -0.3 is 10.6 Å². The third-order valence-electron chi connectivity index (χ3n) is 5.46. The molecule has 1 fully saturated rings. The van der Waals surface area contributed by atoms with E-state index in [1.54, 1.807) is 0 Å². The number of hydrogen-bond donors (Lipinski definition) is 2. The SMILES string of the molecule is CCCC1(CCCc2ccc(Br)cc2)CCN(c2n[nH]c(N)n2)CC1. The van der Waals surface area contributed by atoms with E-state index in [2.05, 4.69) is 67.2 Å². The lowest BCUT2D eigenvalue weighted by molar-refractivity contribution is 0.175. The minimum Gasteiger partial charge on any atom is -0.368 e. The Labute approximate surface area is 158 Å². The van der Waals surface area contributed by atoms with Crippen molar-refractivity contribution >= 4 is 27.8 Å². The van der Waals surface area contributed by atoms with Gasteiger partial charge in [0.05, 0.1) is 0 Å². The molecule has 1 saturated heterocycles. The van der Waals surface area contributed by atoms with E-state index in [0.29, 0.717) is 11.4 Å². The Morgan fingerprint density at radius 2 is 1.92 bits per heavy atom. The molecule has 1 aliphatic heterocycles. The topological polar surface area (TPSA) is 70.8 Å². The van der Waals surface area contributed by atoms with Crippen molar-refractivity contribution in [1.82, 2.24) is 15.2 Å². The quantitative estimate of drug-likeness (QED) is 0.707. The molecule has 5 nitrogen and oxygen atoms in total. The number of benzene rings is 1. The number of nitrogens with zero attached hydrogens (tertiary/aromatic N) is 3. The highest BCUT2D eigenvalue weighted by molar-refractivity contribution is 9.10. The van der Waals surface area contributed by atoms with Gasteiger partial charge in [-0.25, -0.2) is 5.10 Å². The largest absolute Gasteiger partial charge is 0.368 e. The first-order valence-electron chi connectivity index (χ1n) is 9.27. The van der Waals surface area contributed by atoms with Crippen LogP contribution in [0.3, 0.4) is 0 Å². The van der Waals surface area contributed by atoms with Crippen LogP contribution in [0.2, 0.25) is 0 Å². The van der Waals surface area contributed by atoms with Crippen molar-refractivity contribution in [3.63, 3.8) is 0 Å². The van der Waals surface area contributed by atoms with Crippen LogP contribution < -0.4 is 10.6 Å². The number of aryl methyl sites for hydroxylation is 1. The summed E-state index contributed by atoms with van der Waals surface area (Å²) in [7, 11) is 0. The minimum atomic E-state index is 0.398. The first-order valence-corrected chi connectivity index (χ1v) is 10.1. The van der Waals surface area contributed by atoms with E-state index in [1.165, 1.54) is 50.5 Å². The lowest BCUT2D eigenvalue weighted by Crippen LogP contribution is -2.40. The van der Waals surface area contributed by atoms with Gasteiger partial charge >= 0.3 is 0 Å². The monoisotopic (exact) mass is 405 g/mol. The third-order valence-corrected chi connectivity index (χ3v) is 5.99. The molecule has 3 rings (SSSR count). The molecule has 6 heteroatoms. The van der Waals surface area contributed by atoms with Crippen LogP contribution in [0.15, 0.2) is 28.7 Å². The lowest BCUT2D eigenvalue weighted by Gasteiger charge is -2.42. The molecule has 3 N–H and O–H groups in total. The summed E-state index contributed by atoms with van der Waals surface area (Å²) < 4.78 is 1.15. The van der Waals surface area contributed by atoms with Gasteiger partial charge in [-0.05, 0) is 61.6 Å². The number of nitrogen functional groups attached to an aromatic ring is 1. The Bertz CT molecular complexity index is 659. The predicted octanol–water partition coefficient (Wildman–Crippen LogP) is 4.56. The van der Waals surface area contributed by atoms with Crippen molar-refractivity contribution in [2.75, 3.05) is 23.7 Å². The van der Waals surface area contributed by atoms with E-state index in [9.17, 15) is 0 Å². The van der Waals surface area contributed by atoms with E-state index < -0.39 is 0 Å². The lowest BCUT2D eigenvalue weighted by atomic mass is 9.71. The van der Waals surface area contributed by atoms with Crippen LogP contribution in [0.5, 0.6) is 0 Å². The second-order valence-electron chi connectivity index (χ2n) is 7.24. The molecule has 1 aromatic heterocycles. The molecule has 0 unspecified atom stereocenters. The summed E-state index contributed by atoms with van der Waals surface area (Å²) in [4.78, 5) is 6.53. The van der Waals surface area contributed by atoms with Gasteiger partial charge in [-0.15, -0.1) is 5.10 Å². The number of nitrogens with two attached hydrogens (primary N) is 1. The first-order chi connectivity index (χ1) is 12.1. The molecule has 0 radical (unpaired) electrons. The second-order valence-corrected chi connectivity index (χ2v) is 8.15. The normalized spacial score (nSPS) is 17.0. The molecular weight excluding hydrogens is 378 g/mol. The number of H-pyrrole nitrogens is 1. The van der Waals surface area contributed by atoms with E-state index in [-0.39, 0.29) is 0 Å². The molecule has 25 heavy (non-hydrogen) atoms. The summed E-state index contributed by atoms with van der Waals surface area (Å²) in [5.74, 6) is 1.15. The fourth-order valence-electron chi connectivity index (χ4n) is 4.06. The van der Waals surface area contributed by atoms with Gasteiger partial charge in [0.25, 0.3) is 0 Å². The Balaban J connectivity index is 1.54. The average molecular weight is 406 g/mol. The van der Waals surface area contributed by atoms with Crippen molar-refractivity contribution in [3.8, 4) is 0 Å². The fraction of sp³-hybridized carbons (Fsp3) is 0.579. The zero-order valence-electron chi connectivity index (χ0n) is 15.0. The molecule has 0 spiro atoms. The van der Waals surface area contributed by atoms with Crippen molar-refractivity contribution in [3.05, 3.63) is 34.3 Å². The van der Waals surface area contributed by atoms with Crippen LogP contribution in [0.4, 0.5) is 11.9 Å². The van der Waals surface area contributed by atoms with Crippen molar-refractivity contribution < 1.29 is 0 Å². The van der Waals surface area contributed by atoms with Crippen LogP contribution in [-0.2, 0) is 6.42 Å². The number of rotatable bonds is 7. The predicted molar refractivity (Wildman–Crippen MR) is 107 cm³/mol. The maximum Gasteiger partial charge on any atom is 0.246 e. The Hall–Kier alpha value is -1.56. The van der Waals surface area contributed by atoms with E-state index in [1.807, 2.05) is 0 Å². The second kappa shape index (κ2) is 8.21. The van der Waals surface area contributed by atoms with Crippen molar-refractivity contribution in [2.24, 2.45) is 5.41 Å². The molecule has 0 atom stereocenters. The number of piperidine rings is 1. The van der Waals surface area contributed by atoms with Crippen LogP contribution in [-0.4, -0.2) is 28.3 Å². The highest BCUT2D eigenvalue weighted by atomic mass is 79.9. The van der Waals surface area contributed by atoms with Crippen LogP contribution in [0.25, 0.3) is 0 Å². The van der Waals surface area contributed by atoms with Gasteiger partial charge in [-0.3, -0.25) is 0 Å². The zero-order valence-corrected chi connectivity index (χ0v) is 16.6. The summed E-state index contributed by atoms with van der Waals surface area (Å²) in [5.41, 5.74) is 7.57. The molecule has 1 aliphatic rings. The molecule has 0 amide bonds. The van der Waals surface area contributed by atoms with E-state index in [4.69, 9.17) is 5.73 Å². The van der Waals surface area contributed by atoms with Gasteiger partial charge in [0, 0.05) is 17.6 Å². The molecule has 136 valence electrons. The van der Waals surface area contributed by atoms with Gasteiger partial charge in [0.15, 0.2) is 0 Å². The summed E-state index contributed by atoms with van der Waals surface area (Å²) in [6, 6.07) is 8.73. The number of nitrogens with one attached hydrogen (secondary N) is 1. The molecule has 0 aliphatic carbocycles. The Kier molecular flexibility index (Phi) is 5.99. The van der Waals surface area contributed by atoms with Crippen LogP contribution >= 0.6 is 15.9 Å². The maximum absolute atomic E-state index is 5.66. The molecule has 2 aromatic rings. The Morgan fingerprint density at radius 3 is 2.52 bits per heavy atom.